The van der Waals surface area contributed by atoms with E-state index in [9.17, 15) is 22.8 Å². The third-order valence-electron chi connectivity index (χ3n) is 2.89. The first-order chi connectivity index (χ1) is 11.4. The van der Waals surface area contributed by atoms with Crippen molar-refractivity contribution >= 4 is 35.0 Å². The minimum Gasteiger partial charge on any atom is -0.324 e. The van der Waals surface area contributed by atoms with Crippen molar-refractivity contribution in [3.05, 3.63) is 53.8 Å². The van der Waals surface area contributed by atoms with E-state index in [1.54, 1.807) is 12.1 Å². The van der Waals surface area contributed by atoms with Gasteiger partial charge in [-0.2, -0.15) is 8.78 Å². The van der Waals surface area contributed by atoms with Crippen LogP contribution in [0.25, 0.3) is 0 Å². The van der Waals surface area contributed by atoms with Crippen molar-refractivity contribution in [3.63, 3.8) is 0 Å². The van der Waals surface area contributed by atoms with Gasteiger partial charge in [0.05, 0.1) is 11.4 Å². The van der Waals surface area contributed by atoms with Gasteiger partial charge in [-0.05, 0) is 30.3 Å². The minimum absolute atomic E-state index is 0.0806. The lowest BCUT2D eigenvalue weighted by molar-refractivity contribution is -0.114. The van der Waals surface area contributed by atoms with Gasteiger partial charge in [-0.1, -0.05) is 23.9 Å². The number of carbonyl (C=O) groups is 2. The molecule has 0 bridgehead atoms. The normalized spacial score (nSPS) is 10.5. The van der Waals surface area contributed by atoms with Gasteiger partial charge in [0.2, 0.25) is 5.91 Å². The lowest BCUT2D eigenvalue weighted by atomic mass is 10.1. The molecule has 0 unspecified atom stereocenters. The van der Waals surface area contributed by atoms with Crippen LogP contribution in [0.1, 0.15) is 17.3 Å². The molecule has 126 valence electrons. The van der Waals surface area contributed by atoms with Crippen LogP contribution >= 0.6 is 11.8 Å². The Bertz CT molecular complexity index is 769. The number of anilines is 2. The van der Waals surface area contributed by atoms with Gasteiger partial charge in [-0.15, -0.1) is 0 Å². The van der Waals surface area contributed by atoms with Crippen molar-refractivity contribution in [2.45, 2.75) is 17.6 Å². The molecule has 0 aliphatic rings. The van der Waals surface area contributed by atoms with E-state index < -0.39 is 23.4 Å². The van der Waals surface area contributed by atoms with Gasteiger partial charge in [0, 0.05) is 17.4 Å². The summed E-state index contributed by atoms with van der Waals surface area (Å²) in [5.41, 5.74) is 0.167. The first-order valence-corrected chi connectivity index (χ1v) is 7.67. The SMILES string of the molecule is CC(=O)Nc1cc(C(=O)Nc2ccccc2SC(F)F)ccc1F. The molecule has 2 amide bonds. The summed E-state index contributed by atoms with van der Waals surface area (Å²) in [5.74, 6) is -4.40. The fourth-order valence-corrected chi connectivity index (χ4v) is 2.51. The molecule has 0 saturated carbocycles. The maximum Gasteiger partial charge on any atom is 0.288 e. The smallest absolute Gasteiger partial charge is 0.288 e. The highest BCUT2D eigenvalue weighted by molar-refractivity contribution is 7.99. The summed E-state index contributed by atoms with van der Waals surface area (Å²) in [7, 11) is 0. The van der Waals surface area contributed by atoms with Crippen LogP contribution in [0.4, 0.5) is 24.5 Å². The number of amides is 2. The number of hydrogen-bond donors (Lipinski definition) is 2. The Morgan fingerprint density at radius 2 is 1.75 bits per heavy atom. The van der Waals surface area contributed by atoms with E-state index in [2.05, 4.69) is 10.6 Å². The van der Waals surface area contributed by atoms with Gasteiger partial charge in [-0.3, -0.25) is 9.59 Å². The highest BCUT2D eigenvalue weighted by Crippen LogP contribution is 2.32. The van der Waals surface area contributed by atoms with Gasteiger partial charge in [0.25, 0.3) is 11.7 Å². The molecule has 0 radical (unpaired) electrons. The predicted octanol–water partition coefficient (Wildman–Crippen LogP) is 4.35. The Morgan fingerprint density at radius 3 is 2.42 bits per heavy atom. The quantitative estimate of drug-likeness (QED) is 0.785. The molecule has 0 atom stereocenters. The van der Waals surface area contributed by atoms with Crippen LogP contribution in [0.3, 0.4) is 0 Å². The molecule has 8 heteroatoms. The number of benzene rings is 2. The molecule has 0 aromatic heterocycles. The fourth-order valence-electron chi connectivity index (χ4n) is 1.92. The number of carbonyl (C=O) groups excluding carboxylic acids is 2. The lowest BCUT2D eigenvalue weighted by Gasteiger charge is -2.11. The van der Waals surface area contributed by atoms with Gasteiger partial charge < -0.3 is 10.6 Å². The second-order valence-corrected chi connectivity index (χ2v) is 5.74. The monoisotopic (exact) mass is 354 g/mol. The average molecular weight is 354 g/mol. The Labute approximate surface area is 140 Å². The third-order valence-corrected chi connectivity index (χ3v) is 3.68. The van der Waals surface area contributed by atoms with E-state index in [1.165, 1.54) is 31.2 Å². The molecule has 0 spiro atoms. The van der Waals surface area contributed by atoms with Crippen LogP contribution < -0.4 is 10.6 Å². The number of nitrogens with one attached hydrogen (secondary N) is 2. The summed E-state index contributed by atoms with van der Waals surface area (Å²) in [6.07, 6.45) is 0. The zero-order chi connectivity index (χ0) is 17.7. The summed E-state index contributed by atoms with van der Waals surface area (Å²) >= 11 is 0.311. The van der Waals surface area contributed by atoms with Crippen molar-refractivity contribution in [2.24, 2.45) is 0 Å². The number of rotatable bonds is 5. The number of alkyl halides is 2. The maximum absolute atomic E-state index is 13.6. The van der Waals surface area contributed by atoms with Crippen molar-refractivity contribution in [3.8, 4) is 0 Å². The summed E-state index contributed by atoms with van der Waals surface area (Å²) in [4.78, 5) is 23.5. The van der Waals surface area contributed by atoms with Gasteiger partial charge >= 0.3 is 0 Å². The molecule has 24 heavy (non-hydrogen) atoms. The number of thioether (sulfide) groups is 1. The van der Waals surface area contributed by atoms with E-state index >= 15 is 0 Å². The van der Waals surface area contributed by atoms with Crippen molar-refractivity contribution < 1.29 is 22.8 Å². The van der Waals surface area contributed by atoms with Gasteiger partial charge in [0.15, 0.2) is 0 Å². The molecule has 2 N–H and O–H groups in total. The molecule has 0 aliphatic heterocycles. The van der Waals surface area contributed by atoms with Crippen LogP contribution in [-0.4, -0.2) is 17.6 Å². The van der Waals surface area contributed by atoms with Crippen LogP contribution in [0, 0.1) is 5.82 Å². The maximum atomic E-state index is 13.6. The topological polar surface area (TPSA) is 58.2 Å². The summed E-state index contributed by atoms with van der Waals surface area (Å²) in [6, 6.07) is 9.57. The minimum atomic E-state index is -2.62. The fraction of sp³-hybridized carbons (Fsp3) is 0.125. The standard InChI is InChI=1S/C16H13F3N2O2S/c1-9(22)20-13-8-10(6-7-11(13)17)15(23)21-12-4-2-3-5-14(12)24-16(18)19/h2-8,16H,1H3,(H,20,22)(H,21,23). The zero-order valence-corrected chi connectivity index (χ0v) is 13.3. The second kappa shape index (κ2) is 7.87. The summed E-state index contributed by atoms with van der Waals surface area (Å²) in [6.45, 7) is 1.21. The van der Waals surface area contributed by atoms with Crippen LogP contribution in [-0.2, 0) is 4.79 Å². The van der Waals surface area contributed by atoms with Crippen LogP contribution in [0.15, 0.2) is 47.4 Å². The molecule has 2 aromatic carbocycles. The molecular formula is C16H13F3N2O2S. The van der Waals surface area contributed by atoms with Crippen LogP contribution in [0.5, 0.6) is 0 Å². The first kappa shape index (κ1) is 17.9. The molecule has 0 fully saturated rings. The van der Waals surface area contributed by atoms with E-state index in [1.807, 2.05) is 0 Å². The highest BCUT2D eigenvalue weighted by Gasteiger charge is 2.14. The van der Waals surface area contributed by atoms with E-state index in [0.29, 0.717) is 11.8 Å². The number of halogens is 3. The van der Waals surface area contributed by atoms with Crippen molar-refractivity contribution in [1.82, 2.24) is 0 Å². The Morgan fingerprint density at radius 1 is 1.04 bits per heavy atom. The van der Waals surface area contributed by atoms with E-state index in [-0.39, 0.29) is 21.8 Å². The lowest BCUT2D eigenvalue weighted by Crippen LogP contribution is -2.14. The predicted molar refractivity (Wildman–Crippen MR) is 87.0 cm³/mol. The second-order valence-electron chi connectivity index (χ2n) is 4.70. The Kier molecular flexibility index (Phi) is 5.86. The van der Waals surface area contributed by atoms with Crippen molar-refractivity contribution in [2.75, 3.05) is 10.6 Å². The van der Waals surface area contributed by atoms with E-state index in [0.717, 1.165) is 6.07 Å². The first-order valence-electron chi connectivity index (χ1n) is 6.79. The van der Waals surface area contributed by atoms with Gasteiger partial charge in [0.1, 0.15) is 5.82 Å². The average Bonchev–Trinajstić information content (AvgIpc) is 2.50. The third kappa shape index (κ3) is 4.76. The van der Waals surface area contributed by atoms with Crippen LogP contribution in [0.2, 0.25) is 0 Å². The number of hydrogen-bond acceptors (Lipinski definition) is 3. The zero-order valence-electron chi connectivity index (χ0n) is 12.5. The molecule has 2 rings (SSSR count). The Hall–Kier alpha value is -2.48. The molecule has 2 aromatic rings. The largest absolute Gasteiger partial charge is 0.324 e. The van der Waals surface area contributed by atoms with E-state index in [4.69, 9.17) is 0 Å². The Balaban J connectivity index is 2.23. The molecule has 0 saturated heterocycles. The van der Waals surface area contributed by atoms with Crippen molar-refractivity contribution in [1.29, 1.82) is 0 Å². The molecule has 0 heterocycles. The summed E-state index contributed by atoms with van der Waals surface area (Å²) in [5, 5.41) is 4.78. The molecular weight excluding hydrogens is 341 g/mol. The summed E-state index contributed by atoms with van der Waals surface area (Å²) < 4.78 is 38.7. The number of para-hydroxylation sites is 1. The highest BCUT2D eigenvalue weighted by atomic mass is 32.2. The molecule has 0 aliphatic carbocycles. The van der Waals surface area contributed by atoms with Gasteiger partial charge in [-0.25, -0.2) is 4.39 Å². The molecule has 4 nitrogen and oxygen atoms in total.